The molecule has 0 aliphatic carbocycles. The first kappa shape index (κ1) is 14.2. The summed E-state index contributed by atoms with van der Waals surface area (Å²) in [6.07, 6.45) is -3.65. The van der Waals surface area contributed by atoms with Gasteiger partial charge in [0.15, 0.2) is 0 Å². The van der Waals surface area contributed by atoms with Crippen molar-refractivity contribution in [3.63, 3.8) is 0 Å². The summed E-state index contributed by atoms with van der Waals surface area (Å²) in [5.41, 5.74) is 0. The first-order valence-corrected chi connectivity index (χ1v) is 6.12. The SMILES string of the molecule is FC(F)C(F)(F)CNCc1cc(Br)c(Cl)s1. The Hall–Kier alpha value is 0.150. The van der Waals surface area contributed by atoms with Gasteiger partial charge in [0.05, 0.1) is 6.54 Å². The molecule has 1 N–H and O–H groups in total. The van der Waals surface area contributed by atoms with E-state index in [0.717, 1.165) is 0 Å². The predicted molar refractivity (Wildman–Crippen MR) is 59.7 cm³/mol. The van der Waals surface area contributed by atoms with E-state index in [9.17, 15) is 17.6 Å². The maximum absolute atomic E-state index is 12.5. The van der Waals surface area contributed by atoms with Gasteiger partial charge < -0.3 is 5.32 Å². The summed E-state index contributed by atoms with van der Waals surface area (Å²) in [5.74, 6) is -4.00. The lowest BCUT2D eigenvalue weighted by Crippen LogP contribution is -2.38. The molecule has 0 saturated carbocycles. The smallest absolute Gasteiger partial charge is 0.306 e. The van der Waals surface area contributed by atoms with Crippen molar-refractivity contribution in [2.24, 2.45) is 0 Å². The van der Waals surface area contributed by atoms with Gasteiger partial charge in [0.1, 0.15) is 4.34 Å². The molecular weight excluding hydrogens is 334 g/mol. The molecule has 0 aliphatic rings. The fourth-order valence-electron chi connectivity index (χ4n) is 0.908. The minimum Gasteiger partial charge on any atom is -0.306 e. The van der Waals surface area contributed by atoms with Crippen molar-refractivity contribution in [3.8, 4) is 0 Å². The fourth-order valence-corrected chi connectivity index (χ4v) is 2.67. The second-order valence-corrected chi connectivity index (χ2v) is 5.59. The Bertz CT molecular complexity index is 338. The van der Waals surface area contributed by atoms with E-state index in [1.165, 1.54) is 11.3 Å². The third-order valence-corrected chi connectivity index (χ3v) is 4.15. The van der Waals surface area contributed by atoms with Gasteiger partial charge in [-0.05, 0) is 22.0 Å². The lowest BCUT2D eigenvalue weighted by atomic mass is 10.3. The fraction of sp³-hybridized carbons (Fsp3) is 0.500. The predicted octanol–water partition coefficient (Wildman–Crippen LogP) is 4.15. The van der Waals surface area contributed by atoms with Gasteiger partial charge in [-0.25, -0.2) is 8.78 Å². The Labute approximate surface area is 107 Å². The first-order chi connectivity index (χ1) is 7.33. The summed E-state index contributed by atoms with van der Waals surface area (Å²) in [7, 11) is 0. The normalized spacial score (nSPS) is 12.4. The van der Waals surface area contributed by atoms with Crippen molar-refractivity contribution in [3.05, 3.63) is 19.8 Å². The van der Waals surface area contributed by atoms with Crippen molar-refractivity contribution in [1.82, 2.24) is 5.32 Å². The van der Waals surface area contributed by atoms with Crippen LogP contribution in [0.3, 0.4) is 0 Å². The van der Waals surface area contributed by atoms with Crippen molar-refractivity contribution in [1.29, 1.82) is 0 Å². The zero-order chi connectivity index (χ0) is 12.3. The Morgan fingerprint density at radius 1 is 1.50 bits per heavy atom. The topological polar surface area (TPSA) is 12.0 Å². The number of hydrogen-bond donors (Lipinski definition) is 1. The minimum atomic E-state index is -4.00. The van der Waals surface area contributed by atoms with Crippen LogP contribution in [0.25, 0.3) is 0 Å². The highest BCUT2D eigenvalue weighted by Crippen LogP contribution is 2.32. The van der Waals surface area contributed by atoms with Crippen LogP contribution >= 0.6 is 38.9 Å². The van der Waals surface area contributed by atoms with Crippen LogP contribution in [0.2, 0.25) is 4.34 Å². The summed E-state index contributed by atoms with van der Waals surface area (Å²) in [6.45, 7) is -0.976. The van der Waals surface area contributed by atoms with Crippen molar-refractivity contribution >= 4 is 38.9 Å². The van der Waals surface area contributed by atoms with Crippen LogP contribution in [0.5, 0.6) is 0 Å². The molecule has 1 aromatic rings. The molecule has 0 aromatic carbocycles. The number of hydrogen-bond acceptors (Lipinski definition) is 2. The van der Waals surface area contributed by atoms with Gasteiger partial charge in [0, 0.05) is 15.9 Å². The molecule has 0 amide bonds. The summed E-state index contributed by atoms with van der Waals surface area (Å²) in [4.78, 5) is 0.696. The molecule has 0 aliphatic heterocycles. The maximum atomic E-state index is 12.5. The van der Waals surface area contributed by atoms with Gasteiger partial charge in [-0.2, -0.15) is 8.78 Å². The number of thiophene rings is 1. The molecule has 16 heavy (non-hydrogen) atoms. The Balaban J connectivity index is 2.41. The van der Waals surface area contributed by atoms with Gasteiger partial charge in [0.2, 0.25) is 0 Å². The third-order valence-electron chi connectivity index (χ3n) is 1.68. The van der Waals surface area contributed by atoms with E-state index in [1.54, 1.807) is 6.07 Å². The zero-order valence-corrected chi connectivity index (χ0v) is 10.9. The van der Waals surface area contributed by atoms with Crippen molar-refractivity contribution in [2.45, 2.75) is 18.9 Å². The van der Waals surface area contributed by atoms with Gasteiger partial charge in [-0.3, -0.25) is 0 Å². The van der Waals surface area contributed by atoms with E-state index >= 15 is 0 Å². The molecule has 92 valence electrons. The zero-order valence-electron chi connectivity index (χ0n) is 7.74. The number of halogens is 6. The average molecular weight is 341 g/mol. The Morgan fingerprint density at radius 2 is 2.12 bits per heavy atom. The highest BCUT2D eigenvalue weighted by Gasteiger charge is 2.39. The molecule has 8 heteroatoms. The van der Waals surface area contributed by atoms with Crippen molar-refractivity contribution in [2.75, 3.05) is 6.54 Å². The highest BCUT2D eigenvalue weighted by molar-refractivity contribution is 9.10. The minimum absolute atomic E-state index is 0.0816. The molecule has 0 spiro atoms. The second kappa shape index (κ2) is 5.66. The molecule has 0 radical (unpaired) electrons. The molecule has 1 heterocycles. The molecular formula is C8H7BrClF4NS. The third kappa shape index (κ3) is 3.87. The second-order valence-electron chi connectivity index (χ2n) is 3.00. The summed E-state index contributed by atoms with van der Waals surface area (Å²) >= 11 is 10.1. The largest absolute Gasteiger partial charge is 0.319 e. The standard InChI is InChI=1S/C8H7BrClF4NS/c9-5-1-4(16-6(5)10)2-15-3-8(13,14)7(11)12/h1,7,15H,2-3H2. The van der Waals surface area contributed by atoms with Crippen LogP contribution in [0.1, 0.15) is 4.88 Å². The monoisotopic (exact) mass is 339 g/mol. The summed E-state index contributed by atoms with van der Waals surface area (Å²) in [5, 5.41) is 2.26. The highest BCUT2D eigenvalue weighted by atomic mass is 79.9. The molecule has 0 atom stereocenters. The molecule has 0 unspecified atom stereocenters. The quantitative estimate of drug-likeness (QED) is 0.794. The van der Waals surface area contributed by atoms with Crippen LogP contribution in [0.15, 0.2) is 10.5 Å². The van der Waals surface area contributed by atoms with E-state index in [4.69, 9.17) is 11.6 Å². The number of alkyl halides is 4. The Morgan fingerprint density at radius 3 is 2.56 bits per heavy atom. The van der Waals surface area contributed by atoms with E-state index in [2.05, 4.69) is 21.2 Å². The Kier molecular flexibility index (Phi) is 5.03. The molecule has 0 fully saturated rings. The summed E-state index contributed by atoms with van der Waals surface area (Å²) < 4.78 is 49.7. The molecule has 1 rings (SSSR count). The number of nitrogens with one attached hydrogen (secondary N) is 1. The van der Waals surface area contributed by atoms with Gasteiger partial charge in [0.25, 0.3) is 0 Å². The molecule has 1 nitrogen and oxygen atoms in total. The van der Waals surface area contributed by atoms with Crippen LogP contribution in [-0.4, -0.2) is 18.9 Å². The maximum Gasteiger partial charge on any atom is 0.319 e. The van der Waals surface area contributed by atoms with Crippen LogP contribution in [0, 0.1) is 0 Å². The summed E-state index contributed by atoms with van der Waals surface area (Å²) in [6, 6.07) is 1.65. The van der Waals surface area contributed by atoms with E-state index in [0.29, 0.717) is 13.7 Å². The van der Waals surface area contributed by atoms with E-state index in [-0.39, 0.29) is 6.54 Å². The molecule has 1 aromatic heterocycles. The molecule has 0 bridgehead atoms. The lowest BCUT2D eigenvalue weighted by molar-refractivity contribution is -0.125. The van der Waals surface area contributed by atoms with Gasteiger partial charge in [-0.15, -0.1) is 11.3 Å². The first-order valence-electron chi connectivity index (χ1n) is 4.13. The number of rotatable bonds is 5. The van der Waals surface area contributed by atoms with Crippen LogP contribution in [0.4, 0.5) is 17.6 Å². The average Bonchev–Trinajstić information content (AvgIpc) is 2.45. The van der Waals surface area contributed by atoms with Crippen LogP contribution < -0.4 is 5.32 Å². The van der Waals surface area contributed by atoms with Gasteiger partial charge >= 0.3 is 12.3 Å². The van der Waals surface area contributed by atoms with E-state index in [1.807, 2.05) is 0 Å². The van der Waals surface area contributed by atoms with Crippen molar-refractivity contribution < 1.29 is 17.6 Å². The lowest BCUT2D eigenvalue weighted by Gasteiger charge is -2.15. The molecule has 0 saturated heterocycles. The van der Waals surface area contributed by atoms with Crippen LogP contribution in [-0.2, 0) is 6.54 Å². The van der Waals surface area contributed by atoms with Gasteiger partial charge in [-0.1, -0.05) is 11.6 Å². The van der Waals surface area contributed by atoms with E-state index < -0.39 is 18.9 Å².